The van der Waals surface area contributed by atoms with Crippen LogP contribution in [0.4, 0.5) is 0 Å². The van der Waals surface area contributed by atoms with Crippen molar-refractivity contribution in [3.8, 4) is 5.75 Å². The second-order valence-corrected chi connectivity index (χ2v) is 3.25. The molecule has 1 heterocycles. The van der Waals surface area contributed by atoms with Gasteiger partial charge in [-0.1, -0.05) is 25.5 Å². The summed E-state index contributed by atoms with van der Waals surface area (Å²) in [4.78, 5) is 0. The zero-order valence-corrected chi connectivity index (χ0v) is 7.88. The Balaban J connectivity index is 2.39. The molecule has 0 radical (unpaired) electrons. The fourth-order valence-electron chi connectivity index (χ4n) is 1.67. The molecule has 2 bridgehead atoms. The minimum atomic E-state index is 0.379. The van der Waals surface area contributed by atoms with Crippen LogP contribution in [0.2, 0.25) is 0 Å². The van der Waals surface area contributed by atoms with Crippen molar-refractivity contribution in [2.24, 2.45) is 0 Å². The van der Waals surface area contributed by atoms with Crippen LogP contribution in [-0.4, -0.2) is 6.79 Å². The second kappa shape index (κ2) is 3.79. The molecule has 2 nitrogen and oxygen atoms in total. The van der Waals surface area contributed by atoms with Crippen LogP contribution in [0.3, 0.4) is 0 Å². The van der Waals surface area contributed by atoms with Gasteiger partial charge in [0.15, 0.2) is 6.79 Å². The van der Waals surface area contributed by atoms with Gasteiger partial charge >= 0.3 is 0 Å². The molecule has 1 aliphatic heterocycles. The van der Waals surface area contributed by atoms with Gasteiger partial charge in [-0.25, -0.2) is 0 Å². The third-order valence-electron chi connectivity index (χ3n) is 2.29. The Labute approximate surface area is 78.5 Å². The summed E-state index contributed by atoms with van der Waals surface area (Å²) < 4.78 is 10.8. The standard InChI is InChI=1S/C11H14O2/c1-2-4-10-9-5-3-6-11(10)13-8-12-7-9/h3,5-6H,2,4,7-8H2,1H3. The molecule has 0 N–H and O–H groups in total. The molecular formula is C11H14O2. The summed E-state index contributed by atoms with van der Waals surface area (Å²) in [5.74, 6) is 0.997. The highest BCUT2D eigenvalue weighted by Crippen LogP contribution is 2.26. The Hall–Kier alpha value is -1.02. The first-order valence-electron chi connectivity index (χ1n) is 4.73. The number of ether oxygens (including phenoxy) is 2. The van der Waals surface area contributed by atoms with Gasteiger partial charge in [-0.3, -0.25) is 0 Å². The third-order valence-corrected chi connectivity index (χ3v) is 2.29. The molecule has 0 spiro atoms. The molecule has 2 rings (SSSR count). The highest BCUT2D eigenvalue weighted by Gasteiger charge is 2.12. The predicted octanol–water partition coefficient (Wildman–Crippen LogP) is 2.51. The molecule has 0 aliphatic carbocycles. The van der Waals surface area contributed by atoms with E-state index in [1.54, 1.807) is 0 Å². The first kappa shape index (κ1) is 8.57. The van der Waals surface area contributed by atoms with Crippen LogP contribution in [0, 0.1) is 0 Å². The highest BCUT2D eigenvalue weighted by molar-refractivity contribution is 5.40. The maximum absolute atomic E-state index is 5.47. The van der Waals surface area contributed by atoms with Crippen molar-refractivity contribution in [3.05, 3.63) is 29.3 Å². The fraction of sp³-hybridized carbons (Fsp3) is 0.455. The minimum absolute atomic E-state index is 0.379. The Morgan fingerprint density at radius 2 is 2.31 bits per heavy atom. The molecule has 0 atom stereocenters. The first-order valence-corrected chi connectivity index (χ1v) is 4.73. The molecule has 0 saturated carbocycles. The normalized spacial score (nSPS) is 14.8. The lowest BCUT2D eigenvalue weighted by molar-refractivity contribution is 0.0110. The summed E-state index contributed by atoms with van der Waals surface area (Å²) in [5.41, 5.74) is 2.60. The lowest BCUT2D eigenvalue weighted by Crippen LogP contribution is -1.98. The van der Waals surface area contributed by atoms with E-state index in [1.165, 1.54) is 11.1 Å². The molecule has 1 aromatic carbocycles. The van der Waals surface area contributed by atoms with E-state index in [4.69, 9.17) is 9.47 Å². The molecule has 1 aromatic rings. The zero-order valence-electron chi connectivity index (χ0n) is 7.88. The van der Waals surface area contributed by atoms with Crippen molar-refractivity contribution in [2.45, 2.75) is 26.4 Å². The third kappa shape index (κ3) is 1.68. The number of rotatable bonds is 2. The molecule has 0 unspecified atom stereocenters. The van der Waals surface area contributed by atoms with Crippen LogP contribution in [-0.2, 0) is 17.8 Å². The molecule has 2 heteroatoms. The van der Waals surface area contributed by atoms with Crippen LogP contribution in [0.1, 0.15) is 24.5 Å². The summed E-state index contributed by atoms with van der Waals surface area (Å²) >= 11 is 0. The molecule has 0 fully saturated rings. The number of benzene rings is 1. The molecular weight excluding hydrogens is 164 g/mol. The van der Waals surface area contributed by atoms with Crippen molar-refractivity contribution < 1.29 is 9.47 Å². The molecule has 0 saturated heterocycles. The van der Waals surface area contributed by atoms with E-state index in [0.29, 0.717) is 13.4 Å². The Morgan fingerprint density at radius 1 is 1.38 bits per heavy atom. The largest absolute Gasteiger partial charge is 0.467 e. The monoisotopic (exact) mass is 178 g/mol. The maximum atomic E-state index is 5.47. The van der Waals surface area contributed by atoms with Gasteiger partial charge in [-0.05, 0) is 23.6 Å². The van der Waals surface area contributed by atoms with Gasteiger partial charge in [-0.15, -0.1) is 0 Å². The number of hydrogen-bond acceptors (Lipinski definition) is 2. The predicted molar refractivity (Wildman–Crippen MR) is 50.7 cm³/mol. The first-order chi connectivity index (χ1) is 6.42. The van der Waals surface area contributed by atoms with E-state index < -0.39 is 0 Å². The van der Waals surface area contributed by atoms with Crippen molar-refractivity contribution in [3.63, 3.8) is 0 Å². The molecule has 70 valence electrons. The van der Waals surface area contributed by atoms with E-state index in [1.807, 2.05) is 12.1 Å². The van der Waals surface area contributed by atoms with E-state index in [0.717, 1.165) is 18.6 Å². The van der Waals surface area contributed by atoms with Crippen molar-refractivity contribution in [2.75, 3.05) is 6.79 Å². The Bertz CT molecular complexity index is 270. The zero-order chi connectivity index (χ0) is 9.10. The van der Waals surface area contributed by atoms with Gasteiger partial charge in [0.1, 0.15) is 5.75 Å². The highest BCUT2D eigenvalue weighted by atomic mass is 16.7. The molecule has 13 heavy (non-hydrogen) atoms. The van der Waals surface area contributed by atoms with E-state index >= 15 is 0 Å². The number of fused-ring (bicyclic) bond motifs is 2. The van der Waals surface area contributed by atoms with E-state index in [2.05, 4.69) is 13.0 Å². The SMILES string of the molecule is CCCc1c2cccc1OCOC2. The van der Waals surface area contributed by atoms with Gasteiger partial charge in [0.25, 0.3) is 0 Å². The average molecular weight is 178 g/mol. The van der Waals surface area contributed by atoms with Crippen LogP contribution in [0.15, 0.2) is 18.2 Å². The summed E-state index contributed by atoms with van der Waals surface area (Å²) in [6, 6.07) is 6.16. The summed E-state index contributed by atoms with van der Waals surface area (Å²) in [7, 11) is 0. The lowest BCUT2D eigenvalue weighted by atomic mass is 10.0. The van der Waals surface area contributed by atoms with Crippen molar-refractivity contribution >= 4 is 0 Å². The minimum Gasteiger partial charge on any atom is -0.467 e. The maximum Gasteiger partial charge on any atom is 0.189 e. The second-order valence-electron chi connectivity index (χ2n) is 3.25. The molecule has 1 aliphatic rings. The van der Waals surface area contributed by atoms with Crippen LogP contribution in [0.5, 0.6) is 5.75 Å². The van der Waals surface area contributed by atoms with E-state index in [-0.39, 0.29) is 0 Å². The van der Waals surface area contributed by atoms with Gasteiger partial charge in [0.05, 0.1) is 6.61 Å². The van der Waals surface area contributed by atoms with Gasteiger partial charge in [0, 0.05) is 0 Å². The van der Waals surface area contributed by atoms with Crippen molar-refractivity contribution in [1.82, 2.24) is 0 Å². The molecule has 0 amide bonds. The smallest absolute Gasteiger partial charge is 0.189 e. The summed E-state index contributed by atoms with van der Waals surface area (Å²) in [6.45, 7) is 3.24. The fourth-order valence-corrected chi connectivity index (χ4v) is 1.67. The summed E-state index contributed by atoms with van der Waals surface area (Å²) in [5, 5.41) is 0. The van der Waals surface area contributed by atoms with Gasteiger partial charge in [0.2, 0.25) is 0 Å². The molecule has 0 aromatic heterocycles. The van der Waals surface area contributed by atoms with Crippen LogP contribution < -0.4 is 4.74 Å². The van der Waals surface area contributed by atoms with Gasteiger partial charge < -0.3 is 9.47 Å². The Kier molecular flexibility index (Phi) is 2.50. The summed E-state index contributed by atoms with van der Waals surface area (Å²) in [6.07, 6.45) is 2.22. The Morgan fingerprint density at radius 3 is 3.15 bits per heavy atom. The van der Waals surface area contributed by atoms with E-state index in [9.17, 15) is 0 Å². The number of hydrogen-bond donors (Lipinski definition) is 0. The quantitative estimate of drug-likeness (QED) is 0.692. The topological polar surface area (TPSA) is 18.5 Å². The van der Waals surface area contributed by atoms with Crippen molar-refractivity contribution in [1.29, 1.82) is 0 Å². The van der Waals surface area contributed by atoms with Gasteiger partial charge in [-0.2, -0.15) is 0 Å². The van der Waals surface area contributed by atoms with Crippen LogP contribution in [0.25, 0.3) is 0 Å². The average Bonchev–Trinajstić information content (AvgIpc) is 2.28. The lowest BCUT2D eigenvalue weighted by Gasteiger charge is -2.08. The van der Waals surface area contributed by atoms with Crippen LogP contribution >= 0.6 is 0 Å².